The molecule has 0 unspecified atom stereocenters. The zero-order chi connectivity index (χ0) is 21.1. The summed E-state index contributed by atoms with van der Waals surface area (Å²) in [5.74, 6) is 0.00650. The molecule has 1 amide bonds. The van der Waals surface area contributed by atoms with E-state index in [2.05, 4.69) is 5.32 Å². The molecule has 5 nitrogen and oxygen atoms in total. The molecule has 1 aromatic heterocycles. The highest BCUT2D eigenvalue weighted by atomic mass is 35.5. The second kappa shape index (κ2) is 8.61. The highest BCUT2D eigenvalue weighted by Gasteiger charge is 2.11. The molecule has 4 aromatic rings. The molecule has 0 radical (unpaired) electrons. The van der Waals surface area contributed by atoms with Gasteiger partial charge < -0.3 is 14.5 Å². The van der Waals surface area contributed by atoms with Gasteiger partial charge in [-0.3, -0.25) is 4.79 Å². The fraction of sp³-hybridized carbons (Fsp3) is 0.0435. The molecule has 30 heavy (non-hydrogen) atoms. The largest absolute Gasteiger partial charge is 0.484 e. The molecule has 0 aliphatic rings. The van der Waals surface area contributed by atoms with Gasteiger partial charge in [-0.05, 0) is 41.5 Å². The third-order valence-electron chi connectivity index (χ3n) is 4.38. The summed E-state index contributed by atoms with van der Waals surface area (Å²) in [6.07, 6.45) is 0. The van der Waals surface area contributed by atoms with Gasteiger partial charge in [0.05, 0.1) is 10.7 Å². The van der Waals surface area contributed by atoms with Gasteiger partial charge in [0.2, 0.25) is 0 Å². The number of amides is 1. The maximum Gasteiger partial charge on any atom is 0.336 e. The van der Waals surface area contributed by atoms with E-state index in [-0.39, 0.29) is 12.5 Å². The van der Waals surface area contributed by atoms with Gasteiger partial charge in [-0.1, -0.05) is 53.5 Å². The number of nitrogens with one attached hydrogen (secondary N) is 1. The van der Waals surface area contributed by atoms with Crippen LogP contribution in [0.15, 0.2) is 82.0 Å². The summed E-state index contributed by atoms with van der Waals surface area (Å²) in [5, 5.41) is 4.23. The SMILES string of the molecule is O=C(COc1ccc2c(-c3ccccc3)cc(=O)oc2c1)Nc1ccc(Cl)cc1Cl. The lowest BCUT2D eigenvalue weighted by atomic mass is 10.0. The lowest BCUT2D eigenvalue weighted by molar-refractivity contribution is -0.118. The molecule has 4 rings (SSSR count). The molecule has 150 valence electrons. The Balaban J connectivity index is 1.53. The fourth-order valence-electron chi connectivity index (χ4n) is 3.02. The van der Waals surface area contributed by atoms with Crippen LogP contribution in [0, 0.1) is 0 Å². The molecule has 0 atom stereocenters. The molecule has 0 aliphatic heterocycles. The Kier molecular flexibility index (Phi) is 5.74. The van der Waals surface area contributed by atoms with Gasteiger partial charge in [-0.25, -0.2) is 4.79 Å². The number of benzene rings is 3. The minimum absolute atomic E-state index is 0.243. The number of carbonyl (C=O) groups is 1. The Hall–Kier alpha value is -3.28. The van der Waals surface area contributed by atoms with Gasteiger partial charge >= 0.3 is 5.63 Å². The average Bonchev–Trinajstić information content (AvgIpc) is 2.74. The molecule has 3 aromatic carbocycles. The third kappa shape index (κ3) is 4.48. The van der Waals surface area contributed by atoms with E-state index in [1.54, 1.807) is 30.3 Å². The van der Waals surface area contributed by atoms with Crippen molar-refractivity contribution < 1.29 is 13.9 Å². The Morgan fingerprint density at radius 1 is 0.967 bits per heavy atom. The van der Waals surface area contributed by atoms with E-state index in [0.717, 1.165) is 16.5 Å². The second-order valence-corrected chi connectivity index (χ2v) is 7.31. The zero-order valence-corrected chi connectivity index (χ0v) is 17.0. The zero-order valence-electron chi connectivity index (χ0n) is 15.5. The number of rotatable bonds is 5. The summed E-state index contributed by atoms with van der Waals surface area (Å²) in [5.41, 5.74) is 2.02. The molecule has 0 spiro atoms. The Bertz CT molecular complexity index is 1290. The van der Waals surface area contributed by atoms with Crippen molar-refractivity contribution in [1.29, 1.82) is 0 Å². The minimum Gasteiger partial charge on any atom is -0.484 e. The highest BCUT2D eigenvalue weighted by Crippen LogP contribution is 2.30. The molecular weight excluding hydrogens is 425 g/mol. The van der Waals surface area contributed by atoms with E-state index in [9.17, 15) is 9.59 Å². The first-order valence-corrected chi connectivity index (χ1v) is 9.76. The fourth-order valence-corrected chi connectivity index (χ4v) is 3.47. The third-order valence-corrected chi connectivity index (χ3v) is 4.92. The minimum atomic E-state index is -0.464. The number of ether oxygens (including phenoxy) is 1. The van der Waals surface area contributed by atoms with Gasteiger partial charge in [-0.2, -0.15) is 0 Å². The van der Waals surface area contributed by atoms with E-state index >= 15 is 0 Å². The first kappa shape index (κ1) is 20.0. The van der Waals surface area contributed by atoms with E-state index in [0.29, 0.717) is 27.1 Å². The quantitative estimate of drug-likeness (QED) is 0.399. The van der Waals surface area contributed by atoms with Crippen molar-refractivity contribution in [3.05, 3.63) is 93.3 Å². The van der Waals surface area contributed by atoms with E-state index < -0.39 is 5.63 Å². The van der Waals surface area contributed by atoms with Crippen LogP contribution in [0.25, 0.3) is 22.1 Å². The van der Waals surface area contributed by atoms with E-state index in [4.69, 9.17) is 32.4 Å². The topological polar surface area (TPSA) is 68.5 Å². The van der Waals surface area contributed by atoms with Gasteiger partial charge in [0.25, 0.3) is 5.91 Å². The first-order chi connectivity index (χ1) is 14.5. The van der Waals surface area contributed by atoms with Crippen LogP contribution in [-0.4, -0.2) is 12.5 Å². The Labute approximate surface area is 181 Å². The molecule has 7 heteroatoms. The smallest absolute Gasteiger partial charge is 0.336 e. The number of hydrogen-bond acceptors (Lipinski definition) is 4. The monoisotopic (exact) mass is 439 g/mol. The van der Waals surface area contributed by atoms with Gasteiger partial charge in [0.1, 0.15) is 11.3 Å². The normalized spacial score (nSPS) is 10.7. The van der Waals surface area contributed by atoms with E-state index in [1.807, 2.05) is 30.3 Å². The van der Waals surface area contributed by atoms with Crippen LogP contribution in [0.3, 0.4) is 0 Å². The van der Waals surface area contributed by atoms with Crippen molar-refractivity contribution in [1.82, 2.24) is 0 Å². The molecule has 0 saturated heterocycles. The summed E-state index contributed by atoms with van der Waals surface area (Å²) < 4.78 is 10.9. The van der Waals surface area contributed by atoms with Gasteiger partial charge in [0, 0.05) is 22.5 Å². The van der Waals surface area contributed by atoms with Crippen LogP contribution in [0.2, 0.25) is 10.0 Å². The molecule has 0 saturated carbocycles. The van der Waals surface area contributed by atoms with E-state index in [1.165, 1.54) is 12.1 Å². The van der Waals surface area contributed by atoms with Crippen LogP contribution < -0.4 is 15.7 Å². The van der Waals surface area contributed by atoms with Crippen molar-refractivity contribution in [3.63, 3.8) is 0 Å². The summed E-state index contributed by atoms with van der Waals surface area (Å²) in [4.78, 5) is 24.2. The van der Waals surface area contributed by atoms with Crippen molar-refractivity contribution in [2.45, 2.75) is 0 Å². The van der Waals surface area contributed by atoms with Gasteiger partial charge in [0.15, 0.2) is 6.61 Å². The lowest BCUT2D eigenvalue weighted by Crippen LogP contribution is -2.20. The molecule has 0 aliphatic carbocycles. The summed E-state index contributed by atoms with van der Waals surface area (Å²) in [7, 11) is 0. The number of halogens is 2. The lowest BCUT2D eigenvalue weighted by Gasteiger charge is -2.10. The summed E-state index contributed by atoms with van der Waals surface area (Å²) >= 11 is 11.9. The number of hydrogen-bond donors (Lipinski definition) is 1. The first-order valence-electron chi connectivity index (χ1n) is 9.00. The number of fused-ring (bicyclic) bond motifs is 1. The van der Waals surface area contributed by atoms with Crippen LogP contribution in [0.5, 0.6) is 5.75 Å². The maximum absolute atomic E-state index is 12.2. The molecule has 0 bridgehead atoms. The Morgan fingerprint density at radius 3 is 2.53 bits per heavy atom. The second-order valence-electron chi connectivity index (χ2n) is 6.46. The van der Waals surface area contributed by atoms with Crippen molar-refractivity contribution in [3.8, 4) is 16.9 Å². The number of carbonyl (C=O) groups excluding carboxylic acids is 1. The molecule has 1 N–H and O–H groups in total. The van der Waals surface area contributed by atoms with Gasteiger partial charge in [-0.15, -0.1) is 0 Å². The van der Waals surface area contributed by atoms with Crippen molar-refractivity contribution >= 4 is 45.8 Å². The Morgan fingerprint density at radius 2 is 1.77 bits per heavy atom. The summed E-state index contributed by atoms with van der Waals surface area (Å²) in [6.45, 7) is -0.243. The maximum atomic E-state index is 12.2. The standard InChI is InChI=1S/C23H15Cl2NO4/c24-15-6-9-20(19(25)10-15)26-22(27)13-29-16-7-8-17-18(14-4-2-1-3-5-14)12-23(28)30-21(17)11-16/h1-12H,13H2,(H,26,27). The molecular formula is C23H15Cl2NO4. The van der Waals surface area contributed by atoms with Crippen LogP contribution in [-0.2, 0) is 4.79 Å². The number of anilines is 1. The van der Waals surface area contributed by atoms with Crippen LogP contribution >= 0.6 is 23.2 Å². The molecule has 1 heterocycles. The van der Waals surface area contributed by atoms with Crippen molar-refractivity contribution in [2.24, 2.45) is 0 Å². The van der Waals surface area contributed by atoms with Crippen molar-refractivity contribution in [2.75, 3.05) is 11.9 Å². The summed E-state index contributed by atoms with van der Waals surface area (Å²) in [6, 6.07) is 20.9. The predicted molar refractivity (Wildman–Crippen MR) is 119 cm³/mol. The molecule has 0 fully saturated rings. The average molecular weight is 440 g/mol. The van der Waals surface area contributed by atoms with Crippen LogP contribution in [0.1, 0.15) is 0 Å². The highest BCUT2D eigenvalue weighted by molar-refractivity contribution is 6.36. The van der Waals surface area contributed by atoms with Crippen LogP contribution in [0.4, 0.5) is 5.69 Å². The predicted octanol–water partition coefficient (Wildman–Crippen LogP) is 5.78.